The molecule has 0 aliphatic rings. The fourth-order valence-electron chi connectivity index (χ4n) is 7.08. The van der Waals surface area contributed by atoms with Gasteiger partial charge >= 0.3 is 0 Å². The summed E-state index contributed by atoms with van der Waals surface area (Å²) in [6.07, 6.45) is 0. The van der Waals surface area contributed by atoms with Gasteiger partial charge in [0.05, 0.1) is 0 Å². The van der Waals surface area contributed by atoms with Crippen LogP contribution < -0.4 is 0 Å². The minimum atomic E-state index is 0.880. The van der Waals surface area contributed by atoms with Crippen molar-refractivity contribution in [3.8, 4) is 22.3 Å². The Bertz CT molecular complexity index is 2670. The van der Waals surface area contributed by atoms with Gasteiger partial charge < -0.3 is 8.83 Å². The van der Waals surface area contributed by atoms with Crippen molar-refractivity contribution in [1.82, 2.24) is 0 Å². The van der Waals surface area contributed by atoms with Gasteiger partial charge in [0, 0.05) is 21.5 Å². The van der Waals surface area contributed by atoms with Crippen molar-refractivity contribution in [2.24, 2.45) is 0 Å². The third-order valence-electron chi connectivity index (χ3n) is 9.03. The highest BCUT2D eigenvalue weighted by atomic mass is 16.3. The largest absolute Gasteiger partial charge is 0.456 e. The Hall–Kier alpha value is -5.60. The number of para-hydroxylation sites is 1. The van der Waals surface area contributed by atoms with Crippen LogP contribution in [0, 0.1) is 0 Å². The number of benzene rings is 8. The van der Waals surface area contributed by atoms with Crippen LogP contribution >= 0.6 is 0 Å². The lowest BCUT2D eigenvalue weighted by Gasteiger charge is -2.16. The first-order valence-electron chi connectivity index (χ1n) is 14.3. The molecule has 42 heavy (non-hydrogen) atoms. The van der Waals surface area contributed by atoms with E-state index in [-0.39, 0.29) is 0 Å². The SMILES string of the molecule is c1ccc(-c2ccc3ccc4c(-c5ccc6oc7cc8c(cc7c6c5)oc5ccccc58)ccc5ccc2c3c54)cc1. The van der Waals surface area contributed by atoms with Crippen LogP contribution in [0.15, 0.2) is 142 Å². The molecule has 0 fully saturated rings. The van der Waals surface area contributed by atoms with E-state index < -0.39 is 0 Å². The van der Waals surface area contributed by atoms with Crippen molar-refractivity contribution < 1.29 is 8.83 Å². The number of furan rings is 2. The normalized spacial score (nSPS) is 12.3. The topological polar surface area (TPSA) is 26.3 Å². The number of rotatable bonds is 2. The third kappa shape index (κ3) is 2.93. The highest BCUT2D eigenvalue weighted by Crippen LogP contribution is 2.43. The van der Waals surface area contributed by atoms with Crippen molar-refractivity contribution in [2.45, 2.75) is 0 Å². The number of hydrogen-bond acceptors (Lipinski definition) is 2. The van der Waals surface area contributed by atoms with Gasteiger partial charge in [-0.2, -0.15) is 0 Å². The van der Waals surface area contributed by atoms with Crippen molar-refractivity contribution in [2.75, 3.05) is 0 Å². The molecule has 0 radical (unpaired) electrons. The molecule has 2 heteroatoms. The van der Waals surface area contributed by atoms with Crippen LogP contribution in [0.5, 0.6) is 0 Å². The monoisotopic (exact) mass is 534 g/mol. The Kier molecular flexibility index (Phi) is 4.21. The van der Waals surface area contributed by atoms with Crippen molar-refractivity contribution in [1.29, 1.82) is 0 Å². The second-order valence-corrected chi connectivity index (χ2v) is 11.3. The van der Waals surface area contributed by atoms with Gasteiger partial charge in [0.1, 0.15) is 22.3 Å². The molecular formula is C40H22O2. The molecule has 0 spiro atoms. The first-order chi connectivity index (χ1) is 20.8. The summed E-state index contributed by atoms with van der Waals surface area (Å²) < 4.78 is 12.6. The summed E-state index contributed by atoms with van der Waals surface area (Å²) in [5, 5.41) is 12.1. The lowest BCUT2D eigenvalue weighted by molar-refractivity contribution is 0.664. The van der Waals surface area contributed by atoms with E-state index in [0.29, 0.717) is 0 Å². The maximum absolute atomic E-state index is 6.36. The van der Waals surface area contributed by atoms with Crippen LogP contribution in [0.1, 0.15) is 0 Å². The summed E-state index contributed by atoms with van der Waals surface area (Å²) in [6.45, 7) is 0. The van der Waals surface area contributed by atoms with E-state index in [1.54, 1.807) is 0 Å². The van der Waals surface area contributed by atoms with E-state index >= 15 is 0 Å². The lowest BCUT2D eigenvalue weighted by atomic mass is 9.87. The zero-order valence-electron chi connectivity index (χ0n) is 22.5. The van der Waals surface area contributed by atoms with E-state index in [9.17, 15) is 0 Å². The first-order valence-corrected chi connectivity index (χ1v) is 14.3. The van der Waals surface area contributed by atoms with Gasteiger partial charge in [-0.25, -0.2) is 0 Å². The Labute approximate surface area is 240 Å². The van der Waals surface area contributed by atoms with E-state index in [0.717, 1.165) is 43.9 Å². The van der Waals surface area contributed by atoms with Crippen LogP contribution in [-0.4, -0.2) is 0 Å². The molecule has 0 atom stereocenters. The molecule has 0 aliphatic heterocycles. The zero-order valence-corrected chi connectivity index (χ0v) is 22.5. The van der Waals surface area contributed by atoms with Crippen molar-refractivity contribution in [3.63, 3.8) is 0 Å². The summed E-state index contributed by atoms with van der Waals surface area (Å²) in [7, 11) is 0. The van der Waals surface area contributed by atoms with Gasteiger partial charge in [-0.3, -0.25) is 0 Å². The van der Waals surface area contributed by atoms with Gasteiger partial charge in [0.15, 0.2) is 0 Å². The van der Waals surface area contributed by atoms with E-state index in [1.165, 1.54) is 54.6 Å². The maximum Gasteiger partial charge on any atom is 0.136 e. The van der Waals surface area contributed by atoms with Crippen LogP contribution in [0.25, 0.3) is 98.4 Å². The quantitative estimate of drug-likeness (QED) is 0.206. The standard InChI is InChI=1S/C40H22O2/c1-2-6-23(7-3-1)27-15-10-24-13-18-31-28(16-11-25-12-17-30(27)39(24)40(25)31)26-14-19-36-32(20-26)34-22-37-33(21-38(34)42-36)29-8-4-5-9-35(29)41-37/h1-22H. The molecule has 0 bridgehead atoms. The Balaban J connectivity index is 1.22. The molecule has 0 unspecified atom stereocenters. The average Bonchev–Trinajstić information content (AvgIpc) is 3.59. The van der Waals surface area contributed by atoms with Crippen LogP contribution in [0.2, 0.25) is 0 Å². The molecule has 10 rings (SSSR count). The first kappa shape index (κ1) is 22.1. The predicted molar refractivity (Wildman–Crippen MR) is 176 cm³/mol. The summed E-state index contributed by atoms with van der Waals surface area (Å²) in [4.78, 5) is 0. The highest BCUT2D eigenvalue weighted by Gasteiger charge is 2.17. The minimum absolute atomic E-state index is 0.880. The fourth-order valence-corrected chi connectivity index (χ4v) is 7.08. The smallest absolute Gasteiger partial charge is 0.136 e. The molecule has 0 aliphatic carbocycles. The van der Waals surface area contributed by atoms with Gasteiger partial charge in [-0.15, -0.1) is 0 Å². The fraction of sp³-hybridized carbons (Fsp3) is 0. The van der Waals surface area contributed by atoms with E-state index in [4.69, 9.17) is 8.83 Å². The molecule has 194 valence electrons. The van der Waals surface area contributed by atoms with Crippen LogP contribution in [0.3, 0.4) is 0 Å². The lowest BCUT2D eigenvalue weighted by Crippen LogP contribution is -1.89. The molecular weight excluding hydrogens is 512 g/mol. The zero-order chi connectivity index (χ0) is 27.4. The second-order valence-electron chi connectivity index (χ2n) is 11.3. The molecule has 2 nitrogen and oxygen atoms in total. The second kappa shape index (κ2) is 7.99. The highest BCUT2D eigenvalue weighted by molar-refractivity contribution is 6.28. The predicted octanol–water partition coefficient (Wildman–Crippen LogP) is 11.7. The summed E-state index contributed by atoms with van der Waals surface area (Å²) in [5.74, 6) is 0. The van der Waals surface area contributed by atoms with E-state index in [1.807, 2.05) is 18.2 Å². The summed E-state index contributed by atoms with van der Waals surface area (Å²) >= 11 is 0. The molecule has 0 N–H and O–H groups in total. The Morgan fingerprint density at radius 2 is 0.857 bits per heavy atom. The molecule has 2 aromatic heterocycles. The molecule has 0 saturated heterocycles. The molecule has 2 heterocycles. The van der Waals surface area contributed by atoms with Gasteiger partial charge in [-0.1, -0.05) is 103 Å². The molecule has 0 amide bonds. The van der Waals surface area contributed by atoms with Crippen LogP contribution in [0.4, 0.5) is 0 Å². The average molecular weight is 535 g/mol. The van der Waals surface area contributed by atoms with Gasteiger partial charge in [-0.05, 0) is 84.9 Å². The van der Waals surface area contributed by atoms with Gasteiger partial charge in [0.25, 0.3) is 0 Å². The number of hydrogen-bond donors (Lipinski definition) is 0. The summed E-state index contributed by atoms with van der Waals surface area (Å²) in [5.41, 5.74) is 8.46. The maximum atomic E-state index is 6.36. The molecule has 10 aromatic rings. The minimum Gasteiger partial charge on any atom is -0.456 e. The Morgan fingerprint density at radius 1 is 0.310 bits per heavy atom. The Morgan fingerprint density at radius 3 is 1.57 bits per heavy atom. The van der Waals surface area contributed by atoms with Crippen molar-refractivity contribution >= 4 is 76.2 Å². The van der Waals surface area contributed by atoms with Gasteiger partial charge in [0.2, 0.25) is 0 Å². The van der Waals surface area contributed by atoms with Crippen molar-refractivity contribution in [3.05, 3.63) is 133 Å². The summed E-state index contributed by atoms with van der Waals surface area (Å²) in [6, 6.07) is 47.9. The van der Waals surface area contributed by atoms with E-state index in [2.05, 4.69) is 115 Å². The molecule has 0 saturated carbocycles. The molecule has 8 aromatic carbocycles. The number of fused-ring (bicyclic) bond motifs is 6. The third-order valence-corrected chi connectivity index (χ3v) is 9.03. The van der Waals surface area contributed by atoms with Crippen LogP contribution in [-0.2, 0) is 0 Å².